The molecule has 8 aliphatic carbocycles. The van der Waals surface area contributed by atoms with Crippen LogP contribution in [0.4, 0.5) is 0 Å². The monoisotopic (exact) mass is 862 g/mol. The number of ketones is 2. The van der Waals surface area contributed by atoms with Crippen LogP contribution in [0.15, 0.2) is 118 Å². The Labute approximate surface area is 379 Å². The first-order chi connectivity index (χ1) is 31.3. The fourth-order valence-electron chi connectivity index (χ4n) is 12.6. The highest BCUT2D eigenvalue weighted by Gasteiger charge is 2.52. The number of rotatable bonds is 2. The molecule has 2 fully saturated rings. The Bertz CT molecular complexity index is 3070. The molecule has 2 atom stereocenters. The summed E-state index contributed by atoms with van der Waals surface area (Å²) in [7, 11) is 0. The second-order valence-corrected chi connectivity index (χ2v) is 20.5. The van der Waals surface area contributed by atoms with E-state index in [0.29, 0.717) is 44.5 Å². The van der Waals surface area contributed by atoms with E-state index in [1.807, 2.05) is 48.6 Å². The predicted octanol–water partition coefficient (Wildman–Crippen LogP) is 13.0. The van der Waals surface area contributed by atoms with Crippen molar-refractivity contribution in [2.45, 2.75) is 75.0 Å². The maximum Gasteiger partial charge on any atom is 0.194 e. The van der Waals surface area contributed by atoms with Gasteiger partial charge in [-0.3, -0.25) is 9.59 Å². The summed E-state index contributed by atoms with van der Waals surface area (Å²) in [5.41, 5.74) is 12.0. The zero-order valence-electron chi connectivity index (χ0n) is 34.9. The molecule has 2 aromatic carbocycles. The molecule has 2 aromatic heterocycles. The summed E-state index contributed by atoms with van der Waals surface area (Å²) in [5, 5.41) is 39.9. The average molecular weight is 863 g/mol. The highest BCUT2D eigenvalue weighted by atomic mass is 32.1. The lowest BCUT2D eigenvalue weighted by Crippen LogP contribution is -2.31. The Morgan fingerprint density at radius 1 is 0.531 bits per heavy atom. The third-order valence-electron chi connectivity index (χ3n) is 15.4. The number of Topliss-reactive ketones (excluding diaryl/α,β-unsaturated/α-hetero) is 2. The molecule has 6 nitrogen and oxygen atoms in total. The second-order valence-electron chi connectivity index (χ2n) is 18.4. The lowest BCUT2D eigenvalue weighted by atomic mass is 9.63. The van der Waals surface area contributed by atoms with Gasteiger partial charge in [0.25, 0.3) is 0 Å². The molecule has 2 heterocycles. The third kappa shape index (κ3) is 5.25. The number of fused-ring (bicyclic) bond motifs is 13. The van der Waals surface area contributed by atoms with Crippen molar-refractivity contribution in [2.75, 3.05) is 0 Å². The molecule has 0 bridgehead atoms. The van der Waals surface area contributed by atoms with Crippen LogP contribution in [0, 0.1) is 57.2 Å². The molecule has 64 heavy (non-hydrogen) atoms. The van der Waals surface area contributed by atoms with Gasteiger partial charge in [-0.05, 0) is 94.5 Å². The second kappa shape index (κ2) is 14.3. The van der Waals surface area contributed by atoms with E-state index in [2.05, 4.69) is 60.7 Å². The highest BCUT2D eigenvalue weighted by molar-refractivity contribution is 7.14. The van der Waals surface area contributed by atoms with Crippen LogP contribution in [0.3, 0.4) is 0 Å². The van der Waals surface area contributed by atoms with Crippen LogP contribution in [-0.4, -0.2) is 11.6 Å². The molecular weight excluding hydrogens is 825 g/mol. The number of allylic oxidation sites excluding steroid dienone is 14. The van der Waals surface area contributed by atoms with Crippen molar-refractivity contribution in [2.24, 2.45) is 11.8 Å². The van der Waals surface area contributed by atoms with Crippen LogP contribution >= 0.6 is 22.7 Å². The molecule has 0 saturated heterocycles. The van der Waals surface area contributed by atoms with E-state index in [-0.39, 0.29) is 45.4 Å². The number of nitriles is 4. The van der Waals surface area contributed by atoms with Crippen molar-refractivity contribution < 1.29 is 9.59 Å². The molecular formula is C56H38N4O2S2. The number of hydrogen-bond acceptors (Lipinski definition) is 8. The normalized spacial score (nSPS) is 23.6. The Balaban J connectivity index is 0.962. The summed E-state index contributed by atoms with van der Waals surface area (Å²) >= 11 is 3.46. The van der Waals surface area contributed by atoms with Crippen LogP contribution in [0.1, 0.15) is 127 Å². The van der Waals surface area contributed by atoms with Gasteiger partial charge in [-0.2, -0.15) is 21.0 Å². The van der Waals surface area contributed by atoms with Crippen molar-refractivity contribution in [3.05, 3.63) is 171 Å². The molecule has 2 spiro atoms. The molecule has 2 saturated carbocycles. The minimum absolute atomic E-state index is 0.0439. The third-order valence-corrected chi connectivity index (χ3v) is 17.6. The number of carbonyl (C=O) groups excluding carboxylic acids is 2. The van der Waals surface area contributed by atoms with E-state index < -0.39 is 0 Å². The van der Waals surface area contributed by atoms with Gasteiger partial charge in [0.15, 0.2) is 11.6 Å². The Hall–Kier alpha value is -6.94. The van der Waals surface area contributed by atoms with E-state index >= 15 is 0 Å². The summed E-state index contributed by atoms with van der Waals surface area (Å²) < 4.78 is 0. The maximum atomic E-state index is 13.9. The lowest BCUT2D eigenvalue weighted by molar-refractivity contribution is 0.103. The molecule has 8 aliphatic rings. The molecule has 4 aromatic rings. The first-order valence-corrected chi connectivity index (χ1v) is 24.0. The van der Waals surface area contributed by atoms with Crippen LogP contribution in [0.2, 0.25) is 0 Å². The molecule has 0 aliphatic heterocycles. The number of hydrogen-bond donors (Lipinski definition) is 0. The predicted molar refractivity (Wildman–Crippen MR) is 251 cm³/mol. The van der Waals surface area contributed by atoms with E-state index in [4.69, 9.17) is 0 Å². The molecule has 12 rings (SSSR count). The number of nitrogens with zero attached hydrogens (tertiary/aromatic N) is 4. The van der Waals surface area contributed by atoms with Crippen molar-refractivity contribution in [1.29, 1.82) is 21.0 Å². The van der Waals surface area contributed by atoms with Gasteiger partial charge < -0.3 is 0 Å². The number of thiophene rings is 2. The molecule has 0 N–H and O–H groups in total. The van der Waals surface area contributed by atoms with Gasteiger partial charge in [-0.15, -0.1) is 22.7 Å². The molecule has 2 unspecified atom stereocenters. The zero-order chi connectivity index (χ0) is 43.5. The van der Waals surface area contributed by atoms with Gasteiger partial charge in [0, 0.05) is 75.6 Å². The fourth-order valence-corrected chi connectivity index (χ4v) is 15.1. The topological polar surface area (TPSA) is 129 Å². The van der Waals surface area contributed by atoms with Gasteiger partial charge in [0.2, 0.25) is 0 Å². The number of carbonyl (C=O) groups is 2. The van der Waals surface area contributed by atoms with Crippen molar-refractivity contribution >= 4 is 68.7 Å². The van der Waals surface area contributed by atoms with E-state index in [1.165, 1.54) is 56.0 Å². The summed E-state index contributed by atoms with van der Waals surface area (Å²) in [6.45, 7) is 0. The molecule has 0 amide bonds. The van der Waals surface area contributed by atoms with Crippen molar-refractivity contribution in [1.82, 2.24) is 0 Å². The Kier molecular flexibility index (Phi) is 8.64. The van der Waals surface area contributed by atoms with Crippen molar-refractivity contribution in [3.63, 3.8) is 0 Å². The molecule has 0 radical (unpaired) electrons. The van der Waals surface area contributed by atoms with Gasteiger partial charge in [0.1, 0.15) is 35.4 Å². The average Bonchev–Trinajstić information content (AvgIpc) is 4.16. The smallest absolute Gasteiger partial charge is 0.194 e. The molecule has 306 valence electrons. The largest absolute Gasteiger partial charge is 0.289 e. The summed E-state index contributed by atoms with van der Waals surface area (Å²) in [6.07, 6.45) is 25.4. The lowest BCUT2D eigenvalue weighted by Gasteiger charge is -2.40. The van der Waals surface area contributed by atoms with Gasteiger partial charge in [-0.1, -0.05) is 111 Å². The minimum atomic E-state index is -0.150. The summed E-state index contributed by atoms with van der Waals surface area (Å²) in [4.78, 5) is 32.3. The Morgan fingerprint density at radius 3 is 1.28 bits per heavy atom. The Morgan fingerprint density at radius 2 is 0.906 bits per heavy atom. The van der Waals surface area contributed by atoms with Gasteiger partial charge in [-0.25, -0.2) is 0 Å². The van der Waals surface area contributed by atoms with Crippen LogP contribution < -0.4 is 0 Å². The fraction of sp³-hybridized carbons (Fsp3) is 0.250. The van der Waals surface area contributed by atoms with E-state index in [1.54, 1.807) is 34.8 Å². The first kappa shape index (κ1) is 38.7. The van der Waals surface area contributed by atoms with Crippen LogP contribution in [0.25, 0.3) is 34.4 Å². The first-order valence-electron chi connectivity index (χ1n) is 22.3. The maximum absolute atomic E-state index is 13.9. The number of benzene rings is 2. The SMILES string of the molecule is N#CC(C#N)=C1/C(=C/c2cc3c(s2)C2=CC4C=C5C(=CC4C=C2C32CCCCC2)c2sc(/C=C3\C(=O)c4ccccc4C3=C(C#N)C#N)cc2C52CCCCC2)C(=O)c2ccccc21. The highest BCUT2D eigenvalue weighted by Crippen LogP contribution is 2.65. The van der Waals surface area contributed by atoms with E-state index in [9.17, 15) is 30.6 Å². The zero-order valence-corrected chi connectivity index (χ0v) is 36.5. The van der Waals surface area contributed by atoms with Gasteiger partial charge >= 0.3 is 0 Å². The quantitative estimate of drug-likeness (QED) is 0.146. The summed E-state index contributed by atoms with van der Waals surface area (Å²) in [5.74, 6) is 0.0785. The standard InChI is InChI=1S/C56H38N4O2S2/c57-27-33(28-58)49-37-11-3-5-13-39(37)51(61)43(49)23-35-25-47-53(63-35)41-19-32-22-46-42(20-31(32)21-45(41)55(47)15-7-1-8-16-55)54-48(56(46)17-9-2-10-18-56)26-36(64-54)24-44-50(34(29-59)30-60)38-12-4-6-14-40(38)52(44)62/h3-6,11-14,19-26,31-32H,1-2,7-10,15-18H2/b43-23-,44-24-. The minimum Gasteiger partial charge on any atom is -0.289 e. The van der Waals surface area contributed by atoms with Crippen LogP contribution in [0.5, 0.6) is 0 Å². The van der Waals surface area contributed by atoms with Crippen molar-refractivity contribution in [3.8, 4) is 24.3 Å². The molecule has 8 heteroatoms. The van der Waals surface area contributed by atoms with E-state index in [0.717, 1.165) is 61.1 Å². The van der Waals surface area contributed by atoms with Gasteiger partial charge in [0.05, 0.1) is 0 Å². The van der Waals surface area contributed by atoms with Crippen LogP contribution in [-0.2, 0) is 10.8 Å². The summed E-state index contributed by atoms with van der Waals surface area (Å²) in [6, 6.07) is 27.4.